The number of benzene rings is 1. The molecule has 3 heterocycles. The fraction of sp³-hybridized carbons (Fsp3) is 0.217. The van der Waals surface area contributed by atoms with Crippen molar-refractivity contribution in [2.45, 2.75) is 32.9 Å². The van der Waals surface area contributed by atoms with E-state index in [-0.39, 0.29) is 23.1 Å². The van der Waals surface area contributed by atoms with Crippen LogP contribution in [0.2, 0.25) is 0 Å². The maximum atomic E-state index is 12.8. The van der Waals surface area contributed by atoms with Gasteiger partial charge in [0.2, 0.25) is 0 Å². The molecule has 0 aliphatic carbocycles. The normalized spacial score (nSPS) is 11.7. The zero-order chi connectivity index (χ0) is 24.6. The number of rotatable bonds is 4. The molecule has 176 valence electrons. The summed E-state index contributed by atoms with van der Waals surface area (Å²) in [6.07, 6.45) is -2.54. The number of hydrogen-bond acceptors (Lipinski definition) is 5. The molecule has 8 nitrogen and oxygen atoms in total. The summed E-state index contributed by atoms with van der Waals surface area (Å²) in [5.74, 6) is -1.33. The number of carbonyl (C=O) groups is 2. The van der Waals surface area contributed by atoms with Crippen molar-refractivity contribution in [3.05, 3.63) is 76.9 Å². The second-order valence-corrected chi connectivity index (χ2v) is 7.87. The summed E-state index contributed by atoms with van der Waals surface area (Å²) in [5.41, 5.74) is 5.50. The number of fused-ring (bicyclic) bond motifs is 1. The molecule has 0 unspecified atom stereocenters. The third-order valence-electron chi connectivity index (χ3n) is 5.23. The van der Waals surface area contributed by atoms with Crippen LogP contribution in [0.15, 0.2) is 53.2 Å². The zero-order valence-corrected chi connectivity index (χ0v) is 18.4. The summed E-state index contributed by atoms with van der Waals surface area (Å²) in [6.45, 7) is 5.33. The number of halogens is 3. The van der Waals surface area contributed by atoms with Crippen LogP contribution in [-0.2, 0) is 6.18 Å². The third-order valence-corrected chi connectivity index (χ3v) is 5.23. The lowest BCUT2D eigenvalue weighted by atomic mass is 10.1. The van der Waals surface area contributed by atoms with Gasteiger partial charge in [-0.3, -0.25) is 20.4 Å². The molecule has 0 saturated heterocycles. The fourth-order valence-corrected chi connectivity index (χ4v) is 3.58. The molecule has 0 bridgehead atoms. The number of amides is 2. The number of aryl methyl sites for hydroxylation is 1. The number of furan rings is 1. The average molecular weight is 471 g/mol. The standard InChI is InChI=1S/C23H20F3N5O3/c1-12(2)19-16(11-28-31(19)18-9-8-14(10-27-18)23(24,25)26)21(32)29-30-22(33)20-13(3)15-6-4-5-7-17(15)34-20/h4-12H,1-3H3,(H,29,32)(H,30,33). The van der Waals surface area contributed by atoms with Crippen molar-refractivity contribution < 1.29 is 27.2 Å². The van der Waals surface area contributed by atoms with E-state index in [1.54, 1.807) is 32.9 Å². The van der Waals surface area contributed by atoms with Crippen molar-refractivity contribution in [3.63, 3.8) is 0 Å². The molecular weight excluding hydrogens is 451 g/mol. The summed E-state index contributed by atoms with van der Waals surface area (Å²) < 4.78 is 45.4. The molecule has 0 saturated carbocycles. The highest BCUT2D eigenvalue weighted by molar-refractivity contribution is 6.01. The lowest BCUT2D eigenvalue weighted by Gasteiger charge is -2.13. The van der Waals surface area contributed by atoms with Gasteiger partial charge in [0.05, 0.1) is 23.0 Å². The molecule has 0 spiro atoms. The quantitative estimate of drug-likeness (QED) is 0.426. The highest BCUT2D eigenvalue weighted by atomic mass is 19.4. The van der Waals surface area contributed by atoms with Gasteiger partial charge in [0.15, 0.2) is 11.6 Å². The molecule has 4 aromatic rings. The molecule has 2 amide bonds. The first-order chi connectivity index (χ1) is 16.1. The summed E-state index contributed by atoms with van der Waals surface area (Å²) in [6, 6.07) is 9.23. The van der Waals surface area contributed by atoms with Crippen LogP contribution in [0.4, 0.5) is 13.2 Å². The van der Waals surface area contributed by atoms with Crippen molar-refractivity contribution >= 4 is 22.8 Å². The van der Waals surface area contributed by atoms with Crippen LogP contribution in [0, 0.1) is 6.92 Å². The van der Waals surface area contributed by atoms with E-state index in [1.807, 2.05) is 12.1 Å². The van der Waals surface area contributed by atoms with Crippen LogP contribution in [-0.4, -0.2) is 26.6 Å². The highest BCUT2D eigenvalue weighted by Gasteiger charge is 2.31. The van der Waals surface area contributed by atoms with E-state index < -0.39 is 23.6 Å². The fourth-order valence-electron chi connectivity index (χ4n) is 3.58. The summed E-state index contributed by atoms with van der Waals surface area (Å²) in [5, 5.41) is 4.91. The largest absolute Gasteiger partial charge is 0.451 e. The Bertz CT molecular complexity index is 1370. The van der Waals surface area contributed by atoms with E-state index in [2.05, 4.69) is 20.9 Å². The molecule has 1 aromatic carbocycles. The van der Waals surface area contributed by atoms with Crippen molar-refractivity contribution in [2.75, 3.05) is 0 Å². The van der Waals surface area contributed by atoms with E-state index in [9.17, 15) is 22.8 Å². The molecule has 34 heavy (non-hydrogen) atoms. The molecule has 0 aliphatic rings. The van der Waals surface area contributed by atoms with E-state index >= 15 is 0 Å². The number of hydrazine groups is 1. The monoisotopic (exact) mass is 471 g/mol. The second-order valence-electron chi connectivity index (χ2n) is 7.87. The van der Waals surface area contributed by atoms with Gasteiger partial charge in [0.1, 0.15) is 5.58 Å². The average Bonchev–Trinajstić information content (AvgIpc) is 3.39. The summed E-state index contributed by atoms with van der Waals surface area (Å²) in [7, 11) is 0. The molecule has 2 N–H and O–H groups in total. The Balaban J connectivity index is 1.55. The van der Waals surface area contributed by atoms with Crippen molar-refractivity contribution in [1.29, 1.82) is 0 Å². The number of alkyl halides is 3. The van der Waals surface area contributed by atoms with Crippen LogP contribution in [0.1, 0.15) is 57.5 Å². The van der Waals surface area contributed by atoms with Gasteiger partial charge < -0.3 is 4.42 Å². The predicted molar refractivity (Wildman–Crippen MR) is 116 cm³/mol. The number of pyridine rings is 1. The van der Waals surface area contributed by atoms with Crippen LogP contribution in [0.3, 0.4) is 0 Å². The maximum absolute atomic E-state index is 12.8. The smallest absolute Gasteiger partial charge is 0.417 e. The minimum absolute atomic E-state index is 0.0650. The van der Waals surface area contributed by atoms with Crippen LogP contribution in [0.25, 0.3) is 16.8 Å². The van der Waals surface area contributed by atoms with Crippen molar-refractivity contribution in [3.8, 4) is 5.82 Å². The van der Waals surface area contributed by atoms with Gasteiger partial charge in [0.25, 0.3) is 5.91 Å². The molecule has 0 radical (unpaired) electrons. The zero-order valence-electron chi connectivity index (χ0n) is 18.4. The van der Waals surface area contributed by atoms with Gasteiger partial charge in [0, 0.05) is 17.1 Å². The van der Waals surface area contributed by atoms with Gasteiger partial charge in [-0.05, 0) is 31.0 Å². The Labute approximate surface area is 191 Å². The summed E-state index contributed by atoms with van der Waals surface area (Å²) in [4.78, 5) is 29.2. The van der Waals surface area contributed by atoms with Crippen LogP contribution in [0.5, 0.6) is 0 Å². The van der Waals surface area contributed by atoms with Gasteiger partial charge in [-0.15, -0.1) is 0 Å². The van der Waals surface area contributed by atoms with E-state index in [4.69, 9.17) is 4.42 Å². The minimum atomic E-state index is -4.52. The number of hydrogen-bond donors (Lipinski definition) is 2. The molecule has 0 aliphatic heterocycles. The van der Waals surface area contributed by atoms with Gasteiger partial charge in [-0.2, -0.15) is 18.3 Å². The lowest BCUT2D eigenvalue weighted by Crippen LogP contribution is -2.42. The van der Waals surface area contributed by atoms with Crippen molar-refractivity contribution in [2.24, 2.45) is 0 Å². The predicted octanol–water partition coefficient (Wildman–Crippen LogP) is 4.54. The van der Waals surface area contributed by atoms with Crippen LogP contribution < -0.4 is 10.9 Å². The Morgan fingerprint density at radius 1 is 1.03 bits per heavy atom. The Kier molecular flexibility index (Phi) is 5.86. The van der Waals surface area contributed by atoms with Gasteiger partial charge in [-0.25, -0.2) is 9.67 Å². The SMILES string of the molecule is Cc1c(C(=O)NNC(=O)c2cnn(-c3ccc(C(F)(F)F)cn3)c2C(C)C)oc2ccccc12. The highest BCUT2D eigenvalue weighted by Crippen LogP contribution is 2.29. The topological polar surface area (TPSA) is 102 Å². The van der Waals surface area contributed by atoms with Crippen molar-refractivity contribution in [1.82, 2.24) is 25.6 Å². The van der Waals surface area contributed by atoms with Gasteiger partial charge in [-0.1, -0.05) is 32.0 Å². The number of para-hydroxylation sites is 1. The number of carbonyl (C=O) groups excluding carboxylic acids is 2. The van der Waals surface area contributed by atoms with E-state index in [0.29, 0.717) is 23.0 Å². The molecule has 0 atom stereocenters. The Morgan fingerprint density at radius 3 is 2.35 bits per heavy atom. The number of nitrogens with zero attached hydrogens (tertiary/aromatic N) is 3. The van der Waals surface area contributed by atoms with E-state index in [1.165, 1.54) is 16.9 Å². The van der Waals surface area contributed by atoms with E-state index in [0.717, 1.165) is 11.5 Å². The Morgan fingerprint density at radius 2 is 1.74 bits per heavy atom. The summed E-state index contributed by atoms with van der Waals surface area (Å²) >= 11 is 0. The molecular formula is C23H20F3N5O3. The minimum Gasteiger partial charge on any atom is -0.451 e. The first-order valence-corrected chi connectivity index (χ1v) is 10.3. The van der Waals surface area contributed by atoms with Gasteiger partial charge >= 0.3 is 12.1 Å². The third kappa shape index (κ3) is 4.24. The molecule has 11 heteroatoms. The Hall–Kier alpha value is -4.15. The second kappa shape index (κ2) is 8.65. The maximum Gasteiger partial charge on any atom is 0.417 e. The number of nitrogens with one attached hydrogen (secondary N) is 2. The number of aromatic nitrogens is 3. The first-order valence-electron chi connectivity index (χ1n) is 10.3. The molecule has 4 rings (SSSR count). The first kappa shape index (κ1) is 23.0. The van der Waals surface area contributed by atoms with Crippen LogP contribution >= 0.6 is 0 Å². The molecule has 0 fully saturated rings. The molecule has 3 aromatic heterocycles. The lowest BCUT2D eigenvalue weighted by molar-refractivity contribution is -0.137.